The highest BCUT2D eigenvalue weighted by molar-refractivity contribution is 7.90. The molecular formula is C23H31N5O4S2. The summed E-state index contributed by atoms with van der Waals surface area (Å²) in [5, 5.41) is 0. The van der Waals surface area contributed by atoms with Crippen molar-refractivity contribution in [3.8, 4) is 0 Å². The summed E-state index contributed by atoms with van der Waals surface area (Å²) in [5.74, 6) is -0.874. The van der Waals surface area contributed by atoms with Crippen molar-refractivity contribution in [2.24, 2.45) is 5.92 Å². The molecule has 184 valence electrons. The van der Waals surface area contributed by atoms with E-state index < -0.39 is 33.9 Å². The zero-order valence-corrected chi connectivity index (χ0v) is 21.1. The van der Waals surface area contributed by atoms with E-state index in [4.69, 9.17) is 0 Å². The molecule has 3 aliphatic heterocycles. The fraction of sp³-hybridized carbons (Fsp3) is 0.652. The molecule has 3 fully saturated rings. The average molecular weight is 506 g/mol. The Hall–Kier alpha value is -2.11. The number of amides is 2. The number of fused-ring (bicyclic) bond motifs is 2. The molecule has 0 aliphatic carbocycles. The van der Waals surface area contributed by atoms with E-state index in [9.17, 15) is 18.0 Å². The van der Waals surface area contributed by atoms with Crippen LogP contribution in [0.4, 0.5) is 0 Å². The third-order valence-electron chi connectivity index (χ3n) is 7.46. The number of likely N-dealkylation sites (tertiary alicyclic amines) is 2. The van der Waals surface area contributed by atoms with Gasteiger partial charge in [-0.1, -0.05) is 25.8 Å². The van der Waals surface area contributed by atoms with Gasteiger partial charge in [-0.05, 0) is 50.9 Å². The van der Waals surface area contributed by atoms with Crippen LogP contribution in [0, 0.1) is 5.92 Å². The molecule has 2 amide bonds. The summed E-state index contributed by atoms with van der Waals surface area (Å²) in [6.45, 7) is 5.24. The largest absolute Gasteiger partial charge is 0.337 e. The zero-order valence-electron chi connectivity index (χ0n) is 19.4. The number of nitrogens with zero attached hydrogens (tertiary/aromatic N) is 5. The number of benzene rings is 1. The van der Waals surface area contributed by atoms with E-state index in [2.05, 4.69) is 13.6 Å². The SMILES string of the molecule is CCC[C@H]1C(=O)N(S(=O)(=O)c2cccc3nsnc23)[C@H]2CCN(C(=O)CCN3CCCCC3)[C@H]12. The average Bonchev–Trinajstić information content (AvgIpc) is 3.54. The second kappa shape index (κ2) is 9.50. The van der Waals surface area contributed by atoms with Crippen LogP contribution in [0.2, 0.25) is 0 Å². The van der Waals surface area contributed by atoms with Crippen molar-refractivity contribution in [2.45, 2.75) is 68.8 Å². The third kappa shape index (κ3) is 4.01. The Kier molecular flexibility index (Phi) is 6.60. The summed E-state index contributed by atoms with van der Waals surface area (Å²) in [6.07, 6.45) is 5.77. The fourth-order valence-electron chi connectivity index (χ4n) is 5.88. The Balaban J connectivity index is 1.41. The van der Waals surface area contributed by atoms with Crippen LogP contribution in [0.1, 0.15) is 51.9 Å². The first-order chi connectivity index (χ1) is 16.4. The Morgan fingerprint density at radius 3 is 2.71 bits per heavy atom. The maximum absolute atomic E-state index is 13.8. The second-order valence-corrected chi connectivity index (χ2v) is 11.8. The van der Waals surface area contributed by atoms with Crippen LogP contribution in [0.3, 0.4) is 0 Å². The Morgan fingerprint density at radius 1 is 1.15 bits per heavy atom. The first-order valence-corrected chi connectivity index (χ1v) is 14.4. The van der Waals surface area contributed by atoms with Crippen LogP contribution in [0.15, 0.2) is 23.1 Å². The van der Waals surface area contributed by atoms with Crippen molar-refractivity contribution in [1.82, 2.24) is 22.9 Å². The lowest BCUT2D eigenvalue weighted by Crippen LogP contribution is -2.44. The summed E-state index contributed by atoms with van der Waals surface area (Å²) < 4.78 is 37.0. The van der Waals surface area contributed by atoms with Gasteiger partial charge >= 0.3 is 0 Å². The first kappa shape index (κ1) is 23.6. The van der Waals surface area contributed by atoms with E-state index >= 15 is 0 Å². The molecule has 0 N–H and O–H groups in total. The van der Waals surface area contributed by atoms with Crippen molar-refractivity contribution in [1.29, 1.82) is 0 Å². The van der Waals surface area contributed by atoms with Crippen molar-refractivity contribution in [3.05, 3.63) is 18.2 Å². The molecule has 0 saturated carbocycles. The molecule has 3 aliphatic rings. The minimum atomic E-state index is -4.13. The number of hydrogen-bond acceptors (Lipinski definition) is 8. The van der Waals surface area contributed by atoms with E-state index in [-0.39, 0.29) is 10.8 Å². The van der Waals surface area contributed by atoms with E-state index in [1.54, 1.807) is 17.0 Å². The molecule has 0 spiro atoms. The van der Waals surface area contributed by atoms with Crippen molar-refractivity contribution >= 4 is 44.6 Å². The number of carbonyl (C=O) groups excluding carboxylic acids is 2. The predicted octanol–water partition coefficient (Wildman–Crippen LogP) is 2.48. The molecule has 1 aromatic heterocycles. The van der Waals surface area contributed by atoms with Crippen LogP contribution < -0.4 is 0 Å². The van der Waals surface area contributed by atoms with Gasteiger partial charge in [0.05, 0.1) is 29.7 Å². The smallest absolute Gasteiger partial charge is 0.269 e. The lowest BCUT2D eigenvalue weighted by molar-refractivity contribution is -0.134. The molecule has 2 aromatic rings. The molecule has 4 heterocycles. The molecule has 3 atom stereocenters. The molecule has 3 saturated heterocycles. The van der Waals surface area contributed by atoms with Crippen LogP contribution in [0.5, 0.6) is 0 Å². The Labute approximate surface area is 204 Å². The Bertz CT molecular complexity index is 1180. The van der Waals surface area contributed by atoms with Gasteiger partial charge in [0, 0.05) is 19.5 Å². The summed E-state index contributed by atoms with van der Waals surface area (Å²) in [4.78, 5) is 30.9. The molecule has 11 heteroatoms. The lowest BCUT2D eigenvalue weighted by Gasteiger charge is -2.30. The maximum Gasteiger partial charge on any atom is 0.269 e. The lowest BCUT2D eigenvalue weighted by atomic mass is 9.94. The minimum absolute atomic E-state index is 0.0119. The second-order valence-electron chi connectivity index (χ2n) is 9.51. The fourth-order valence-corrected chi connectivity index (χ4v) is 8.31. The number of sulfonamides is 1. The molecular weight excluding hydrogens is 474 g/mol. The van der Waals surface area contributed by atoms with E-state index in [1.807, 2.05) is 6.92 Å². The summed E-state index contributed by atoms with van der Waals surface area (Å²) in [6, 6.07) is 3.90. The first-order valence-electron chi connectivity index (χ1n) is 12.2. The summed E-state index contributed by atoms with van der Waals surface area (Å²) >= 11 is 0.951. The van der Waals surface area contributed by atoms with Crippen LogP contribution in [-0.4, -0.2) is 81.3 Å². The molecule has 1 aromatic carbocycles. The summed E-state index contributed by atoms with van der Waals surface area (Å²) in [5.41, 5.74) is 0.795. The molecule has 0 bridgehead atoms. The predicted molar refractivity (Wildman–Crippen MR) is 129 cm³/mol. The number of aromatic nitrogens is 2. The van der Waals surface area contributed by atoms with E-state index in [0.717, 1.165) is 42.1 Å². The number of piperidine rings is 1. The zero-order chi connectivity index (χ0) is 23.9. The van der Waals surface area contributed by atoms with E-state index in [1.165, 1.54) is 25.3 Å². The van der Waals surface area contributed by atoms with Gasteiger partial charge in [-0.25, -0.2) is 12.7 Å². The normalized spacial score (nSPS) is 25.9. The standard InChI is InChI=1S/C23H31N5O4S2/c1-2-7-16-22-18(10-15-27(22)20(29)11-14-26-12-4-3-5-13-26)28(23(16)30)34(31,32)19-9-6-8-17-21(19)25-33-24-17/h6,8-9,16,18,22H,2-5,7,10-15H2,1H3/t16-,18+,22-/m1/s1. The van der Waals surface area contributed by atoms with Gasteiger partial charge in [0.2, 0.25) is 11.8 Å². The number of rotatable bonds is 7. The quantitative estimate of drug-likeness (QED) is 0.569. The van der Waals surface area contributed by atoms with Gasteiger partial charge in [0.1, 0.15) is 15.9 Å². The van der Waals surface area contributed by atoms with Gasteiger partial charge in [-0.2, -0.15) is 8.75 Å². The van der Waals surface area contributed by atoms with Gasteiger partial charge in [0.25, 0.3) is 10.0 Å². The molecule has 9 nitrogen and oxygen atoms in total. The highest BCUT2D eigenvalue weighted by Crippen LogP contribution is 2.42. The van der Waals surface area contributed by atoms with Crippen LogP contribution >= 0.6 is 11.7 Å². The van der Waals surface area contributed by atoms with Gasteiger partial charge < -0.3 is 9.80 Å². The van der Waals surface area contributed by atoms with Crippen molar-refractivity contribution in [2.75, 3.05) is 26.2 Å². The highest BCUT2D eigenvalue weighted by atomic mass is 32.2. The number of hydrogen-bond donors (Lipinski definition) is 0. The van der Waals surface area contributed by atoms with Gasteiger partial charge in [-0.15, -0.1) is 0 Å². The minimum Gasteiger partial charge on any atom is -0.337 e. The van der Waals surface area contributed by atoms with Crippen molar-refractivity contribution < 1.29 is 18.0 Å². The monoisotopic (exact) mass is 505 g/mol. The van der Waals surface area contributed by atoms with E-state index in [0.29, 0.717) is 36.8 Å². The number of carbonyl (C=O) groups is 2. The topological polar surface area (TPSA) is 104 Å². The molecule has 0 radical (unpaired) electrons. The third-order valence-corrected chi connectivity index (χ3v) is 9.86. The molecule has 34 heavy (non-hydrogen) atoms. The highest BCUT2D eigenvalue weighted by Gasteiger charge is 2.58. The van der Waals surface area contributed by atoms with Crippen molar-refractivity contribution in [3.63, 3.8) is 0 Å². The van der Waals surface area contributed by atoms with Gasteiger partial charge in [0.15, 0.2) is 0 Å². The van der Waals surface area contributed by atoms with Crippen LogP contribution in [0.25, 0.3) is 11.0 Å². The molecule has 0 unspecified atom stereocenters. The Morgan fingerprint density at radius 2 is 1.94 bits per heavy atom. The maximum atomic E-state index is 13.8. The van der Waals surface area contributed by atoms with Gasteiger partial charge in [-0.3, -0.25) is 9.59 Å². The van der Waals surface area contributed by atoms with Crippen LogP contribution in [-0.2, 0) is 19.6 Å². The summed E-state index contributed by atoms with van der Waals surface area (Å²) in [7, 11) is -4.13. The molecule has 5 rings (SSSR count).